The third-order valence-electron chi connectivity index (χ3n) is 3.03. The number of aromatic nitrogens is 3. The third-order valence-corrected chi connectivity index (χ3v) is 3.88. The summed E-state index contributed by atoms with van der Waals surface area (Å²) in [5, 5.41) is 10.5. The van der Waals surface area contributed by atoms with Gasteiger partial charge in [0.1, 0.15) is 5.82 Å². The molecule has 0 atom stereocenters. The molecule has 0 aliphatic carbocycles. The number of carbonyl (C=O) groups excluding carboxylic acids is 1. The van der Waals surface area contributed by atoms with E-state index < -0.39 is 0 Å². The van der Waals surface area contributed by atoms with E-state index in [2.05, 4.69) is 27.4 Å². The molecule has 0 aliphatic heterocycles. The van der Waals surface area contributed by atoms with Gasteiger partial charge in [0.2, 0.25) is 11.1 Å². The Morgan fingerprint density at radius 1 is 1.38 bits per heavy atom. The number of para-hydroxylation sites is 1. The van der Waals surface area contributed by atoms with E-state index in [0.717, 1.165) is 23.5 Å². The lowest BCUT2D eigenvalue weighted by molar-refractivity contribution is -0.113. The van der Waals surface area contributed by atoms with Crippen LogP contribution in [0.4, 0.5) is 5.69 Å². The quantitative estimate of drug-likeness (QED) is 0.804. The molecule has 0 bridgehead atoms. The van der Waals surface area contributed by atoms with Crippen LogP contribution in [0.15, 0.2) is 29.4 Å². The Hall–Kier alpha value is -1.82. The van der Waals surface area contributed by atoms with Crippen molar-refractivity contribution < 1.29 is 4.79 Å². The summed E-state index contributed by atoms with van der Waals surface area (Å²) in [7, 11) is 0. The van der Waals surface area contributed by atoms with Crippen LogP contribution >= 0.6 is 11.8 Å². The van der Waals surface area contributed by atoms with E-state index in [-0.39, 0.29) is 5.91 Å². The number of aromatic amines is 1. The molecular weight excluding hydrogens is 284 g/mol. The number of hydrogen-bond donors (Lipinski definition) is 2. The highest BCUT2D eigenvalue weighted by Gasteiger charge is 2.10. The first-order valence-corrected chi connectivity index (χ1v) is 8.01. The number of amides is 1. The Morgan fingerprint density at radius 3 is 2.81 bits per heavy atom. The maximum Gasteiger partial charge on any atom is 0.234 e. The Labute approximate surface area is 128 Å². The van der Waals surface area contributed by atoms with Crippen LogP contribution in [0.2, 0.25) is 0 Å². The summed E-state index contributed by atoms with van der Waals surface area (Å²) >= 11 is 1.33. The summed E-state index contributed by atoms with van der Waals surface area (Å²) in [5.41, 5.74) is 2.01. The van der Waals surface area contributed by atoms with Gasteiger partial charge < -0.3 is 5.32 Å². The minimum atomic E-state index is -0.0446. The zero-order chi connectivity index (χ0) is 15.2. The molecule has 0 saturated carbocycles. The minimum absolute atomic E-state index is 0.0446. The maximum atomic E-state index is 12.0. The molecule has 5 nitrogen and oxygen atoms in total. The molecule has 0 radical (unpaired) electrons. The summed E-state index contributed by atoms with van der Waals surface area (Å²) in [6, 6.07) is 7.84. The van der Waals surface area contributed by atoms with Gasteiger partial charge in [0, 0.05) is 11.6 Å². The summed E-state index contributed by atoms with van der Waals surface area (Å²) in [4.78, 5) is 16.3. The lowest BCUT2D eigenvalue weighted by Crippen LogP contribution is -2.15. The fourth-order valence-electron chi connectivity index (χ4n) is 1.85. The first kappa shape index (κ1) is 15.6. The predicted molar refractivity (Wildman–Crippen MR) is 85.6 cm³/mol. The van der Waals surface area contributed by atoms with E-state index in [0.29, 0.717) is 16.8 Å². The van der Waals surface area contributed by atoms with E-state index in [9.17, 15) is 4.79 Å². The van der Waals surface area contributed by atoms with E-state index in [1.54, 1.807) is 0 Å². The second-order valence-corrected chi connectivity index (χ2v) is 5.95. The molecule has 1 heterocycles. The summed E-state index contributed by atoms with van der Waals surface area (Å²) in [6.45, 7) is 6.16. The Bertz CT molecular complexity index is 609. The van der Waals surface area contributed by atoms with Crippen LogP contribution in [0, 0.1) is 0 Å². The molecule has 0 saturated heterocycles. The van der Waals surface area contributed by atoms with Gasteiger partial charge >= 0.3 is 0 Å². The standard InChI is InChI=1S/C15H20N4OS/c1-4-11-7-5-6-8-12(11)16-13(20)9-21-15-17-14(10(2)3)18-19-15/h5-8,10H,4,9H2,1-3H3,(H,16,20)(H,17,18,19). The molecule has 2 N–H and O–H groups in total. The number of carbonyl (C=O) groups is 1. The minimum Gasteiger partial charge on any atom is -0.325 e. The third kappa shape index (κ3) is 4.32. The van der Waals surface area contributed by atoms with Gasteiger partial charge in [0.05, 0.1) is 5.75 Å². The van der Waals surface area contributed by atoms with Crippen molar-refractivity contribution in [3.05, 3.63) is 35.7 Å². The van der Waals surface area contributed by atoms with E-state index in [1.165, 1.54) is 11.8 Å². The molecule has 21 heavy (non-hydrogen) atoms. The molecule has 0 spiro atoms. The molecule has 0 aliphatic rings. The van der Waals surface area contributed by atoms with Crippen LogP contribution in [0.5, 0.6) is 0 Å². The molecule has 0 fully saturated rings. The summed E-state index contributed by atoms with van der Waals surface area (Å²) in [5.74, 6) is 1.40. The average Bonchev–Trinajstić information content (AvgIpc) is 2.95. The number of H-pyrrole nitrogens is 1. The van der Waals surface area contributed by atoms with Crippen LogP contribution in [0.1, 0.15) is 38.1 Å². The number of thioether (sulfide) groups is 1. The van der Waals surface area contributed by atoms with Crippen molar-refractivity contribution in [2.24, 2.45) is 0 Å². The number of nitrogens with zero attached hydrogens (tertiary/aromatic N) is 2. The summed E-state index contributed by atoms with van der Waals surface area (Å²) in [6.07, 6.45) is 0.891. The molecule has 1 aromatic carbocycles. The van der Waals surface area contributed by atoms with Crippen LogP contribution in [0.25, 0.3) is 0 Å². The van der Waals surface area contributed by atoms with Gasteiger partial charge in [-0.1, -0.05) is 50.7 Å². The molecule has 1 aromatic heterocycles. The van der Waals surface area contributed by atoms with Gasteiger partial charge in [-0.15, -0.1) is 5.10 Å². The summed E-state index contributed by atoms with van der Waals surface area (Å²) < 4.78 is 0. The number of anilines is 1. The normalized spacial score (nSPS) is 10.9. The van der Waals surface area contributed by atoms with Crippen molar-refractivity contribution in [1.29, 1.82) is 0 Å². The molecular formula is C15H20N4OS. The van der Waals surface area contributed by atoms with Crippen molar-refractivity contribution in [3.8, 4) is 0 Å². The van der Waals surface area contributed by atoms with Crippen molar-refractivity contribution in [3.63, 3.8) is 0 Å². The van der Waals surface area contributed by atoms with E-state index >= 15 is 0 Å². The van der Waals surface area contributed by atoms with Gasteiger partial charge in [-0.3, -0.25) is 9.89 Å². The largest absolute Gasteiger partial charge is 0.325 e. The number of nitrogens with one attached hydrogen (secondary N) is 2. The fraction of sp³-hybridized carbons (Fsp3) is 0.400. The highest BCUT2D eigenvalue weighted by atomic mass is 32.2. The van der Waals surface area contributed by atoms with Gasteiger partial charge in [-0.2, -0.15) is 0 Å². The Morgan fingerprint density at radius 2 is 2.14 bits per heavy atom. The highest BCUT2D eigenvalue weighted by molar-refractivity contribution is 7.99. The number of rotatable bonds is 6. The zero-order valence-electron chi connectivity index (χ0n) is 12.5. The maximum absolute atomic E-state index is 12.0. The van der Waals surface area contributed by atoms with Gasteiger partial charge in [0.15, 0.2) is 0 Å². The zero-order valence-corrected chi connectivity index (χ0v) is 13.3. The van der Waals surface area contributed by atoms with Crippen molar-refractivity contribution in [2.45, 2.75) is 38.3 Å². The SMILES string of the molecule is CCc1ccccc1NC(=O)CSc1n[nH]c(C(C)C)n1. The van der Waals surface area contributed by atoms with Crippen LogP contribution in [0.3, 0.4) is 0 Å². The fourth-order valence-corrected chi connectivity index (χ4v) is 2.45. The van der Waals surface area contributed by atoms with Crippen molar-refractivity contribution in [1.82, 2.24) is 15.2 Å². The first-order valence-electron chi connectivity index (χ1n) is 7.03. The number of benzene rings is 1. The average molecular weight is 304 g/mol. The van der Waals surface area contributed by atoms with Crippen LogP contribution < -0.4 is 5.32 Å². The van der Waals surface area contributed by atoms with Gasteiger partial charge in [0.25, 0.3) is 0 Å². The molecule has 1 amide bonds. The lowest BCUT2D eigenvalue weighted by Gasteiger charge is -2.08. The van der Waals surface area contributed by atoms with Gasteiger partial charge in [-0.25, -0.2) is 4.98 Å². The second kappa shape index (κ2) is 7.26. The van der Waals surface area contributed by atoms with Gasteiger partial charge in [-0.05, 0) is 18.1 Å². The van der Waals surface area contributed by atoms with E-state index in [1.807, 2.05) is 38.1 Å². The van der Waals surface area contributed by atoms with E-state index in [4.69, 9.17) is 0 Å². The molecule has 2 rings (SSSR count). The van der Waals surface area contributed by atoms with Crippen molar-refractivity contribution in [2.75, 3.05) is 11.1 Å². The van der Waals surface area contributed by atoms with Crippen molar-refractivity contribution >= 4 is 23.4 Å². The molecule has 0 unspecified atom stereocenters. The smallest absolute Gasteiger partial charge is 0.234 e. The Kier molecular flexibility index (Phi) is 5.38. The number of hydrogen-bond acceptors (Lipinski definition) is 4. The molecule has 112 valence electrons. The second-order valence-electron chi connectivity index (χ2n) is 5.01. The molecule has 2 aromatic rings. The van der Waals surface area contributed by atoms with Crippen LogP contribution in [-0.2, 0) is 11.2 Å². The topological polar surface area (TPSA) is 70.7 Å². The first-order chi connectivity index (χ1) is 10.1. The predicted octanol–water partition coefficient (Wildman–Crippen LogP) is 3.22. The highest BCUT2D eigenvalue weighted by Crippen LogP contribution is 2.18. The lowest BCUT2D eigenvalue weighted by atomic mass is 10.1. The monoisotopic (exact) mass is 304 g/mol. The van der Waals surface area contributed by atoms with Crippen LogP contribution in [-0.4, -0.2) is 26.8 Å². The molecule has 6 heteroatoms. The number of aryl methyl sites for hydroxylation is 1. The Balaban J connectivity index is 1.89.